The number of imide groups is 2. The number of nitrogens with one attached hydrogen (secondary N) is 1. The highest BCUT2D eigenvalue weighted by molar-refractivity contribution is 6.39. The molecule has 0 atom stereocenters. The van der Waals surface area contributed by atoms with Gasteiger partial charge in [-0.05, 0) is 36.4 Å². The van der Waals surface area contributed by atoms with Crippen LogP contribution in [0.15, 0.2) is 42.0 Å². The average Bonchev–Trinajstić information content (AvgIpc) is 2.75. The lowest BCUT2D eigenvalue weighted by Crippen LogP contribution is -2.54. The zero-order valence-electron chi connectivity index (χ0n) is 17.1. The van der Waals surface area contributed by atoms with Gasteiger partial charge < -0.3 is 14.2 Å². The Labute approximate surface area is 180 Å². The Morgan fingerprint density at radius 2 is 1.62 bits per heavy atom. The van der Waals surface area contributed by atoms with Crippen molar-refractivity contribution in [3.63, 3.8) is 0 Å². The van der Waals surface area contributed by atoms with Crippen molar-refractivity contribution < 1.29 is 41.8 Å². The third-order valence-corrected chi connectivity index (χ3v) is 4.57. The van der Waals surface area contributed by atoms with E-state index in [0.29, 0.717) is 16.7 Å². The molecule has 3 rings (SSSR count). The number of barbiturate groups is 1. The minimum Gasteiger partial charge on any atom is -0.493 e. The van der Waals surface area contributed by atoms with Crippen LogP contribution in [-0.2, 0) is 15.8 Å². The summed E-state index contributed by atoms with van der Waals surface area (Å²) in [4.78, 5) is 38.1. The summed E-state index contributed by atoms with van der Waals surface area (Å²) >= 11 is 0. The number of hydrogen-bond acceptors (Lipinski definition) is 6. The number of ether oxygens (including phenoxy) is 3. The maximum absolute atomic E-state index is 13.1. The van der Waals surface area contributed by atoms with E-state index in [0.717, 1.165) is 24.3 Å². The van der Waals surface area contributed by atoms with Crippen LogP contribution in [0.3, 0.4) is 0 Å². The minimum absolute atomic E-state index is 0.141. The van der Waals surface area contributed by atoms with Crippen LogP contribution < -0.4 is 24.4 Å². The first-order valence-electron chi connectivity index (χ1n) is 9.00. The predicted octanol–water partition coefficient (Wildman–Crippen LogP) is 3.40. The van der Waals surface area contributed by atoms with E-state index in [1.807, 2.05) is 5.32 Å². The highest BCUT2D eigenvalue weighted by Crippen LogP contribution is 2.41. The van der Waals surface area contributed by atoms with Crippen molar-refractivity contribution in [2.45, 2.75) is 6.18 Å². The molecule has 8 nitrogen and oxygen atoms in total. The van der Waals surface area contributed by atoms with E-state index in [4.69, 9.17) is 14.2 Å². The number of hydrogen-bond donors (Lipinski definition) is 1. The lowest BCUT2D eigenvalue weighted by molar-refractivity contribution is -0.137. The fourth-order valence-corrected chi connectivity index (χ4v) is 3.11. The number of anilines is 1. The van der Waals surface area contributed by atoms with E-state index in [2.05, 4.69) is 0 Å². The number of alkyl halides is 3. The van der Waals surface area contributed by atoms with E-state index in [1.54, 1.807) is 0 Å². The normalized spacial score (nSPS) is 15.6. The largest absolute Gasteiger partial charge is 0.493 e. The van der Waals surface area contributed by atoms with Crippen LogP contribution in [-0.4, -0.2) is 39.2 Å². The third kappa shape index (κ3) is 4.09. The number of nitrogens with zero attached hydrogens (tertiary/aromatic N) is 1. The van der Waals surface area contributed by atoms with Gasteiger partial charge in [0.05, 0.1) is 32.6 Å². The summed E-state index contributed by atoms with van der Waals surface area (Å²) in [5, 5.41) is 1.96. The van der Waals surface area contributed by atoms with Crippen LogP contribution >= 0.6 is 0 Å². The second-order valence-corrected chi connectivity index (χ2v) is 6.43. The molecule has 1 aliphatic rings. The smallest absolute Gasteiger partial charge is 0.416 e. The second-order valence-electron chi connectivity index (χ2n) is 6.43. The van der Waals surface area contributed by atoms with Gasteiger partial charge in [0.2, 0.25) is 5.75 Å². The first-order valence-corrected chi connectivity index (χ1v) is 9.00. The molecular weight excluding hydrogens is 433 g/mol. The predicted molar refractivity (Wildman–Crippen MR) is 107 cm³/mol. The van der Waals surface area contributed by atoms with Crippen molar-refractivity contribution in [2.75, 3.05) is 26.2 Å². The highest BCUT2D eigenvalue weighted by Gasteiger charge is 2.38. The average molecular weight is 450 g/mol. The summed E-state index contributed by atoms with van der Waals surface area (Å²) in [6, 6.07) is 5.46. The number of urea groups is 1. The molecule has 1 saturated heterocycles. The molecule has 2 aromatic carbocycles. The molecule has 1 heterocycles. The fourth-order valence-electron chi connectivity index (χ4n) is 3.11. The summed E-state index contributed by atoms with van der Waals surface area (Å²) in [6.45, 7) is 0. The first-order chi connectivity index (χ1) is 15.1. The molecule has 0 saturated carbocycles. The van der Waals surface area contributed by atoms with Crippen molar-refractivity contribution in [3.8, 4) is 17.2 Å². The number of rotatable bonds is 5. The molecular formula is C21H17F3N2O6. The maximum atomic E-state index is 13.1. The van der Waals surface area contributed by atoms with E-state index in [1.165, 1.54) is 33.5 Å². The summed E-state index contributed by atoms with van der Waals surface area (Å²) in [5.74, 6) is -1.46. The Kier molecular flexibility index (Phi) is 6.10. The molecule has 11 heteroatoms. The summed E-state index contributed by atoms with van der Waals surface area (Å²) in [5.41, 5.74) is -1.66. The number of carbonyl (C=O) groups excluding carboxylic acids is 3. The fraction of sp³-hybridized carbons (Fsp3) is 0.190. The molecule has 32 heavy (non-hydrogen) atoms. The van der Waals surface area contributed by atoms with E-state index >= 15 is 0 Å². The first kappa shape index (κ1) is 22.7. The number of methoxy groups -OCH3 is 3. The van der Waals surface area contributed by atoms with Gasteiger partial charge in [-0.25, -0.2) is 9.69 Å². The van der Waals surface area contributed by atoms with Gasteiger partial charge in [0, 0.05) is 5.56 Å². The van der Waals surface area contributed by atoms with Gasteiger partial charge in [0.25, 0.3) is 11.8 Å². The number of amides is 4. The van der Waals surface area contributed by atoms with E-state index in [-0.39, 0.29) is 22.7 Å². The lowest BCUT2D eigenvalue weighted by atomic mass is 10.0. The molecule has 168 valence electrons. The summed E-state index contributed by atoms with van der Waals surface area (Å²) in [6.07, 6.45) is -3.54. The molecule has 1 aliphatic heterocycles. The van der Waals surface area contributed by atoms with Crippen molar-refractivity contribution in [1.29, 1.82) is 0 Å². The monoisotopic (exact) mass is 450 g/mol. The number of benzene rings is 2. The Hall–Kier alpha value is -4.02. The molecule has 4 amide bonds. The number of halogens is 3. The third-order valence-electron chi connectivity index (χ3n) is 4.57. The Bertz CT molecular complexity index is 1130. The van der Waals surface area contributed by atoms with Crippen molar-refractivity contribution in [3.05, 3.63) is 53.1 Å². The highest BCUT2D eigenvalue weighted by atomic mass is 19.4. The molecule has 0 radical (unpaired) electrons. The van der Waals surface area contributed by atoms with E-state index < -0.39 is 35.2 Å². The zero-order chi connectivity index (χ0) is 23.6. The van der Waals surface area contributed by atoms with Crippen LogP contribution in [0.1, 0.15) is 11.1 Å². The van der Waals surface area contributed by atoms with Gasteiger partial charge in [-0.1, -0.05) is 6.07 Å². The quantitative estimate of drug-likeness (QED) is 0.555. The molecule has 0 aliphatic carbocycles. The zero-order valence-corrected chi connectivity index (χ0v) is 17.1. The van der Waals surface area contributed by atoms with Crippen molar-refractivity contribution in [1.82, 2.24) is 5.32 Å². The standard InChI is InChI=1S/C21H17F3N2O6/c1-30-15-8-7-11(16(31-2)17(15)32-3)9-14-18(27)25-20(29)26(19(14)28)13-6-4-5-12(10-13)21(22,23)24/h4-10H,1-3H3,(H,25,27,29)/b14-9-. The van der Waals surface area contributed by atoms with Crippen LogP contribution in [0.5, 0.6) is 17.2 Å². The Morgan fingerprint density at radius 1 is 0.938 bits per heavy atom. The molecule has 1 fully saturated rings. The molecule has 2 aromatic rings. The van der Waals surface area contributed by atoms with Gasteiger partial charge in [-0.15, -0.1) is 0 Å². The van der Waals surface area contributed by atoms with Crippen molar-refractivity contribution in [2.24, 2.45) is 0 Å². The van der Waals surface area contributed by atoms with Crippen LogP contribution in [0, 0.1) is 0 Å². The molecule has 0 unspecified atom stereocenters. The summed E-state index contributed by atoms with van der Waals surface area (Å²) in [7, 11) is 4.11. The van der Waals surface area contributed by atoms with Gasteiger partial charge in [-0.2, -0.15) is 13.2 Å². The van der Waals surface area contributed by atoms with Gasteiger partial charge in [-0.3, -0.25) is 14.9 Å². The Balaban J connectivity index is 2.10. The molecule has 0 bridgehead atoms. The number of carbonyl (C=O) groups is 3. The van der Waals surface area contributed by atoms with Gasteiger partial charge in [0.15, 0.2) is 11.5 Å². The van der Waals surface area contributed by atoms with Crippen LogP contribution in [0.4, 0.5) is 23.7 Å². The SMILES string of the molecule is COc1ccc(/C=C2/C(=O)NC(=O)N(c3cccc(C(F)(F)F)c3)C2=O)c(OC)c1OC. The van der Waals surface area contributed by atoms with Crippen LogP contribution in [0.2, 0.25) is 0 Å². The lowest BCUT2D eigenvalue weighted by Gasteiger charge is -2.27. The second kappa shape index (κ2) is 8.61. The van der Waals surface area contributed by atoms with Gasteiger partial charge in [0.1, 0.15) is 5.57 Å². The van der Waals surface area contributed by atoms with Gasteiger partial charge >= 0.3 is 12.2 Å². The topological polar surface area (TPSA) is 94.2 Å². The molecule has 0 aromatic heterocycles. The molecule has 0 spiro atoms. The van der Waals surface area contributed by atoms with E-state index in [9.17, 15) is 27.6 Å². The minimum atomic E-state index is -4.69. The Morgan fingerprint density at radius 3 is 2.22 bits per heavy atom. The molecule has 1 N–H and O–H groups in total. The van der Waals surface area contributed by atoms with Crippen LogP contribution in [0.25, 0.3) is 6.08 Å². The van der Waals surface area contributed by atoms with Crippen molar-refractivity contribution >= 4 is 29.6 Å². The maximum Gasteiger partial charge on any atom is 0.416 e. The summed E-state index contributed by atoms with van der Waals surface area (Å²) < 4.78 is 54.9.